The van der Waals surface area contributed by atoms with Gasteiger partial charge in [0, 0.05) is 38.3 Å². The molecule has 1 aromatic carbocycles. The van der Waals surface area contributed by atoms with Crippen molar-refractivity contribution in [1.82, 2.24) is 15.1 Å². The van der Waals surface area contributed by atoms with Crippen molar-refractivity contribution in [3.8, 4) is 0 Å². The third-order valence-corrected chi connectivity index (χ3v) is 5.86. The molecule has 2 aliphatic heterocycles. The highest BCUT2D eigenvalue weighted by atomic mass is 19.4. The van der Waals surface area contributed by atoms with E-state index in [0.717, 1.165) is 6.07 Å². The number of alkyl halides is 3. The van der Waals surface area contributed by atoms with Gasteiger partial charge >= 0.3 is 6.18 Å². The molecule has 0 spiro atoms. The summed E-state index contributed by atoms with van der Waals surface area (Å²) in [5.41, 5.74) is -1.56. The van der Waals surface area contributed by atoms with E-state index in [2.05, 4.69) is 10.2 Å². The Morgan fingerprint density at radius 2 is 1.72 bits per heavy atom. The number of ether oxygens (including phenoxy) is 1. The fourth-order valence-electron chi connectivity index (χ4n) is 4.31. The predicted molar refractivity (Wildman–Crippen MR) is 109 cm³/mol. The highest BCUT2D eigenvalue weighted by molar-refractivity contribution is 5.94. The fourth-order valence-corrected chi connectivity index (χ4v) is 4.31. The zero-order valence-electron chi connectivity index (χ0n) is 18.3. The average Bonchev–Trinajstić information content (AvgIpc) is 2.70. The Balaban J connectivity index is 1.45. The van der Waals surface area contributed by atoms with E-state index in [4.69, 9.17) is 4.74 Å². The number of hydrogen-bond donors (Lipinski definition) is 1. The Morgan fingerprint density at radius 1 is 1.09 bits per heavy atom. The van der Waals surface area contributed by atoms with Crippen molar-refractivity contribution >= 4 is 11.8 Å². The summed E-state index contributed by atoms with van der Waals surface area (Å²) in [7, 11) is 0. The Morgan fingerprint density at radius 3 is 2.31 bits per heavy atom. The zero-order chi connectivity index (χ0) is 23.5. The summed E-state index contributed by atoms with van der Waals surface area (Å²) in [6.45, 7) is 7.14. The Labute approximate surface area is 184 Å². The quantitative estimate of drug-likeness (QED) is 0.688. The minimum Gasteiger partial charge on any atom is -0.373 e. The molecular formula is C22H29F4N3O3. The van der Waals surface area contributed by atoms with Crippen molar-refractivity contribution in [3.63, 3.8) is 0 Å². The first kappa shape index (κ1) is 24.4. The minimum atomic E-state index is -4.73. The molecule has 0 saturated carbocycles. The highest BCUT2D eigenvalue weighted by Gasteiger charge is 2.32. The van der Waals surface area contributed by atoms with E-state index in [9.17, 15) is 27.2 Å². The second-order valence-corrected chi connectivity index (χ2v) is 8.71. The molecule has 2 aliphatic rings. The van der Waals surface area contributed by atoms with Gasteiger partial charge in [0.25, 0.3) is 5.91 Å². The van der Waals surface area contributed by atoms with Crippen LogP contribution in [0.3, 0.4) is 0 Å². The van der Waals surface area contributed by atoms with Crippen LogP contribution < -0.4 is 5.32 Å². The molecule has 10 heteroatoms. The van der Waals surface area contributed by atoms with Crippen LogP contribution >= 0.6 is 0 Å². The van der Waals surface area contributed by atoms with Gasteiger partial charge in [0.2, 0.25) is 5.91 Å². The lowest BCUT2D eigenvalue weighted by Gasteiger charge is -2.37. The maximum Gasteiger partial charge on any atom is 0.416 e. The summed E-state index contributed by atoms with van der Waals surface area (Å²) in [4.78, 5) is 28.8. The number of piperidine rings is 1. The normalized spacial score (nSPS) is 23.2. The van der Waals surface area contributed by atoms with Gasteiger partial charge in [0.05, 0.1) is 24.3 Å². The first-order chi connectivity index (χ1) is 15.0. The lowest BCUT2D eigenvalue weighted by Crippen LogP contribution is -2.51. The summed E-state index contributed by atoms with van der Waals surface area (Å²) >= 11 is 0. The molecule has 2 amide bonds. The lowest BCUT2D eigenvalue weighted by molar-refractivity contribution is -0.138. The fraction of sp³-hybridized carbons (Fsp3) is 0.636. The van der Waals surface area contributed by atoms with E-state index in [1.165, 1.54) is 0 Å². The molecule has 32 heavy (non-hydrogen) atoms. The summed E-state index contributed by atoms with van der Waals surface area (Å²) < 4.78 is 57.7. The van der Waals surface area contributed by atoms with Crippen LogP contribution in [0.4, 0.5) is 17.6 Å². The first-order valence-electron chi connectivity index (χ1n) is 10.8. The first-order valence-corrected chi connectivity index (χ1v) is 10.8. The number of likely N-dealkylation sites (tertiary alicyclic amines) is 1. The second kappa shape index (κ2) is 10.2. The number of amides is 2. The van der Waals surface area contributed by atoms with Gasteiger partial charge in [0.15, 0.2) is 0 Å². The van der Waals surface area contributed by atoms with E-state index in [1.54, 1.807) is 0 Å². The number of hydrogen-bond acceptors (Lipinski definition) is 4. The van der Waals surface area contributed by atoms with E-state index in [1.807, 2.05) is 18.7 Å². The lowest BCUT2D eigenvalue weighted by atomic mass is 9.96. The van der Waals surface area contributed by atoms with Gasteiger partial charge in [0.1, 0.15) is 5.82 Å². The van der Waals surface area contributed by atoms with Crippen molar-refractivity contribution in [2.45, 2.75) is 45.1 Å². The maximum atomic E-state index is 13.5. The number of nitrogens with zero attached hydrogens (tertiary/aromatic N) is 2. The third kappa shape index (κ3) is 6.65. The summed E-state index contributed by atoms with van der Waals surface area (Å²) in [5.74, 6) is -1.69. The molecule has 178 valence electrons. The zero-order valence-corrected chi connectivity index (χ0v) is 18.3. The number of benzene rings is 1. The molecule has 0 radical (unpaired) electrons. The van der Waals surface area contributed by atoms with Crippen LogP contribution in [0.15, 0.2) is 18.2 Å². The van der Waals surface area contributed by atoms with Crippen LogP contribution in [0.5, 0.6) is 0 Å². The Bertz CT molecular complexity index is 815. The van der Waals surface area contributed by atoms with Gasteiger partial charge in [-0.15, -0.1) is 0 Å². The van der Waals surface area contributed by atoms with Gasteiger partial charge in [-0.1, -0.05) is 0 Å². The van der Waals surface area contributed by atoms with Gasteiger partial charge in [-0.3, -0.25) is 14.5 Å². The number of morpholine rings is 1. The van der Waals surface area contributed by atoms with Gasteiger partial charge in [-0.25, -0.2) is 4.39 Å². The Kier molecular flexibility index (Phi) is 7.76. The summed E-state index contributed by atoms with van der Waals surface area (Å²) in [6.07, 6.45) is -3.19. The van der Waals surface area contributed by atoms with Crippen molar-refractivity contribution < 1.29 is 31.9 Å². The minimum absolute atomic E-state index is 0.0632. The number of halogens is 4. The second-order valence-electron chi connectivity index (χ2n) is 8.71. The molecule has 2 fully saturated rings. The molecule has 1 aromatic rings. The van der Waals surface area contributed by atoms with Gasteiger partial charge in [-0.2, -0.15) is 13.2 Å². The summed E-state index contributed by atoms with van der Waals surface area (Å²) in [6, 6.07) is 1.80. The number of carbonyl (C=O) groups excluding carboxylic acids is 2. The largest absolute Gasteiger partial charge is 0.416 e. The van der Waals surface area contributed by atoms with Crippen LogP contribution in [0, 0.1) is 11.7 Å². The van der Waals surface area contributed by atoms with Gasteiger partial charge < -0.3 is 15.0 Å². The van der Waals surface area contributed by atoms with Crippen molar-refractivity contribution in [2.24, 2.45) is 5.92 Å². The third-order valence-electron chi connectivity index (χ3n) is 5.86. The molecule has 0 aliphatic carbocycles. The predicted octanol–water partition coefficient (Wildman–Crippen LogP) is 2.92. The van der Waals surface area contributed by atoms with Crippen molar-refractivity contribution in [1.29, 1.82) is 0 Å². The highest BCUT2D eigenvalue weighted by Crippen LogP contribution is 2.30. The molecule has 2 heterocycles. The summed E-state index contributed by atoms with van der Waals surface area (Å²) in [5, 5.41) is 2.60. The standard InChI is InChI=1S/C22H29F4N3O3/c1-14-11-28(12-15(2)32-14)13-20(30)29-5-3-16(4-6-29)10-27-21(31)17-7-18(22(24,25)26)9-19(23)8-17/h7-9,14-16H,3-6,10-13H2,1-2H3,(H,27,31). The van der Waals surface area contributed by atoms with Crippen LogP contribution in [-0.4, -0.2) is 73.1 Å². The number of carbonyl (C=O) groups is 2. The molecule has 2 saturated heterocycles. The average molecular weight is 459 g/mol. The number of rotatable bonds is 5. The van der Waals surface area contributed by atoms with Crippen LogP contribution in [0.25, 0.3) is 0 Å². The molecule has 0 aromatic heterocycles. The topological polar surface area (TPSA) is 61.9 Å². The smallest absolute Gasteiger partial charge is 0.373 e. The molecule has 6 nitrogen and oxygen atoms in total. The monoisotopic (exact) mass is 459 g/mol. The van der Waals surface area contributed by atoms with Crippen molar-refractivity contribution in [3.05, 3.63) is 35.1 Å². The van der Waals surface area contributed by atoms with Crippen LogP contribution in [0.2, 0.25) is 0 Å². The number of nitrogens with one attached hydrogen (secondary N) is 1. The molecule has 2 atom stereocenters. The van der Waals surface area contributed by atoms with E-state index >= 15 is 0 Å². The molecule has 3 rings (SSSR count). The van der Waals surface area contributed by atoms with E-state index in [0.29, 0.717) is 57.7 Å². The van der Waals surface area contributed by atoms with Crippen LogP contribution in [0.1, 0.15) is 42.6 Å². The molecule has 0 bridgehead atoms. The van der Waals surface area contributed by atoms with E-state index < -0.39 is 23.5 Å². The van der Waals surface area contributed by atoms with Gasteiger partial charge in [-0.05, 0) is 50.8 Å². The maximum absolute atomic E-state index is 13.5. The molecular weight excluding hydrogens is 430 g/mol. The van der Waals surface area contributed by atoms with Crippen LogP contribution in [-0.2, 0) is 15.7 Å². The van der Waals surface area contributed by atoms with Crippen molar-refractivity contribution in [2.75, 3.05) is 39.3 Å². The SMILES string of the molecule is CC1CN(CC(=O)N2CCC(CNC(=O)c3cc(F)cc(C(F)(F)F)c3)CC2)CC(C)O1. The molecule has 1 N–H and O–H groups in total. The molecule has 2 unspecified atom stereocenters. The Hall–Kier alpha value is -2.20. The van der Waals surface area contributed by atoms with E-state index in [-0.39, 0.29) is 36.1 Å².